The minimum absolute atomic E-state index is 0.199. The molecule has 3 nitrogen and oxygen atoms in total. The molecule has 2 unspecified atom stereocenters. The Labute approximate surface area is 118 Å². The Morgan fingerprint density at radius 1 is 1.16 bits per heavy atom. The molecule has 0 radical (unpaired) electrons. The molecule has 0 spiro atoms. The second kappa shape index (κ2) is 5.71. The number of nitrogens with zero attached hydrogens (tertiary/aromatic N) is 2. The summed E-state index contributed by atoms with van der Waals surface area (Å²) in [5.41, 5.74) is 0.199. The predicted molar refractivity (Wildman–Crippen MR) is 78.5 cm³/mol. The fraction of sp³-hybridized carbons (Fsp3) is 1.00. The SMILES string of the molecule is CCC1CN2CCCCC2CN1CC1(OC)CCC1. The molecule has 3 rings (SSSR count). The summed E-state index contributed by atoms with van der Waals surface area (Å²) in [7, 11) is 1.91. The van der Waals surface area contributed by atoms with E-state index in [2.05, 4.69) is 16.7 Å². The van der Waals surface area contributed by atoms with Gasteiger partial charge in [0.2, 0.25) is 0 Å². The number of fused-ring (bicyclic) bond motifs is 1. The van der Waals surface area contributed by atoms with E-state index in [1.807, 2.05) is 7.11 Å². The fourth-order valence-corrected chi connectivity index (χ4v) is 4.26. The molecule has 19 heavy (non-hydrogen) atoms. The standard InChI is InChI=1S/C16H30N2O/c1-3-14-11-17-10-5-4-7-15(17)12-18(14)13-16(19-2)8-6-9-16/h14-15H,3-13H2,1-2H3. The lowest BCUT2D eigenvalue weighted by atomic mass is 9.79. The topological polar surface area (TPSA) is 15.7 Å². The molecule has 1 saturated carbocycles. The van der Waals surface area contributed by atoms with Crippen LogP contribution in [0.25, 0.3) is 0 Å². The van der Waals surface area contributed by atoms with Gasteiger partial charge >= 0.3 is 0 Å². The van der Waals surface area contributed by atoms with Crippen LogP contribution in [0.4, 0.5) is 0 Å². The second-order valence-electron chi connectivity index (χ2n) is 6.88. The molecular formula is C16H30N2O. The Bertz CT molecular complexity index is 298. The van der Waals surface area contributed by atoms with E-state index in [0.717, 1.165) is 12.1 Å². The van der Waals surface area contributed by atoms with E-state index in [9.17, 15) is 0 Å². The van der Waals surface area contributed by atoms with E-state index in [0.29, 0.717) is 0 Å². The molecule has 3 heteroatoms. The van der Waals surface area contributed by atoms with Crippen LogP contribution in [0.15, 0.2) is 0 Å². The van der Waals surface area contributed by atoms with Crippen LogP contribution in [0.5, 0.6) is 0 Å². The summed E-state index contributed by atoms with van der Waals surface area (Å²) in [6.45, 7) is 7.43. The van der Waals surface area contributed by atoms with Gasteiger partial charge in [-0.25, -0.2) is 0 Å². The summed E-state index contributed by atoms with van der Waals surface area (Å²) < 4.78 is 5.85. The lowest BCUT2D eigenvalue weighted by molar-refractivity contribution is -0.112. The quantitative estimate of drug-likeness (QED) is 0.777. The Hall–Kier alpha value is -0.120. The minimum atomic E-state index is 0.199. The van der Waals surface area contributed by atoms with Crippen molar-refractivity contribution >= 4 is 0 Å². The number of ether oxygens (including phenoxy) is 1. The number of hydrogen-bond donors (Lipinski definition) is 0. The molecule has 3 aliphatic rings. The van der Waals surface area contributed by atoms with E-state index in [-0.39, 0.29) is 5.60 Å². The zero-order valence-electron chi connectivity index (χ0n) is 12.7. The van der Waals surface area contributed by atoms with E-state index in [1.54, 1.807) is 0 Å². The van der Waals surface area contributed by atoms with Gasteiger partial charge < -0.3 is 4.74 Å². The Morgan fingerprint density at radius 2 is 2.00 bits per heavy atom. The summed E-state index contributed by atoms with van der Waals surface area (Å²) in [4.78, 5) is 5.52. The summed E-state index contributed by atoms with van der Waals surface area (Å²) in [6, 6.07) is 1.58. The van der Waals surface area contributed by atoms with Crippen molar-refractivity contribution in [2.75, 3.05) is 33.3 Å². The number of hydrogen-bond acceptors (Lipinski definition) is 3. The first kappa shape index (κ1) is 13.8. The van der Waals surface area contributed by atoms with Gasteiger partial charge in [-0.3, -0.25) is 9.80 Å². The predicted octanol–water partition coefficient (Wildman–Crippen LogP) is 2.50. The van der Waals surface area contributed by atoms with Crippen LogP contribution in [0, 0.1) is 0 Å². The number of methoxy groups -OCH3 is 1. The van der Waals surface area contributed by atoms with Crippen molar-refractivity contribution in [2.45, 2.75) is 69.6 Å². The summed E-state index contributed by atoms with van der Waals surface area (Å²) in [5, 5.41) is 0. The third-order valence-electron chi connectivity index (χ3n) is 5.82. The molecule has 1 aliphatic carbocycles. The number of rotatable bonds is 4. The molecule has 0 aromatic heterocycles. The van der Waals surface area contributed by atoms with Gasteiger partial charge in [0.1, 0.15) is 0 Å². The highest BCUT2D eigenvalue weighted by molar-refractivity contribution is 4.97. The average Bonchev–Trinajstić information content (AvgIpc) is 2.42. The lowest BCUT2D eigenvalue weighted by Crippen LogP contribution is -2.63. The fourth-order valence-electron chi connectivity index (χ4n) is 4.26. The number of piperazine rings is 1. The average molecular weight is 266 g/mol. The minimum Gasteiger partial charge on any atom is -0.377 e. The van der Waals surface area contributed by atoms with Crippen molar-refractivity contribution in [2.24, 2.45) is 0 Å². The van der Waals surface area contributed by atoms with Gasteiger partial charge in [0, 0.05) is 38.8 Å². The van der Waals surface area contributed by atoms with E-state index in [4.69, 9.17) is 4.74 Å². The number of piperidine rings is 1. The first-order valence-electron chi connectivity index (χ1n) is 8.29. The van der Waals surface area contributed by atoms with Crippen molar-refractivity contribution in [1.29, 1.82) is 0 Å². The highest BCUT2D eigenvalue weighted by Gasteiger charge is 2.42. The maximum absolute atomic E-state index is 5.85. The molecule has 2 heterocycles. The van der Waals surface area contributed by atoms with Crippen molar-refractivity contribution in [3.8, 4) is 0 Å². The maximum Gasteiger partial charge on any atom is 0.0805 e. The van der Waals surface area contributed by atoms with E-state index >= 15 is 0 Å². The molecule has 2 aliphatic heterocycles. The van der Waals surface area contributed by atoms with Gasteiger partial charge in [-0.15, -0.1) is 0 Å². The molecule has 110 valence electrons. The van der Waals surface area contributed by atoms with Crippen LogP contribution in [-0.2, 0) is 4.74 Å². The second-order valence-corrected chi connectivity index (χ2v) is 6.88. The summed E-state index contributed by atoms with van der Waals surface area (Å²) in [5.74, 6) is 0. The third-order valence-corrected chi connectivity index (χ3v) is 5.82. The summed E-state index contributed by atoms with van der Waals surface area (Å²) in [6.07, 6.45) is 9.43. The van der Waals surface area contributed by atoms with Crippen LogP contribution in [0.3, 0.4) is 0 Å². The van der Waals surface area contributed by atoms with Gasteiger partial charge in [-0.1, -0.05) is 13.3 Å². The van der Waals surface area contributed by atoms with Crippen LogP contribution >= 0.6 is 0 Å². The van der Waals surface area contributed by atoms with Crippen molar-refractivity contribution in [3.05, 3.63) is 0 Å². The van der Waals surface area contributed by atoms with Crippen LogP contribution in [-0.4, -0.2) is 60.8 Å². The Balaban J connectivity index is 1.65. The zero-order valence-corrected chi connectivity index (χ0v) is 12.7. The molecule has 3 fully saturated rings. The molecule has 0 N–H and O–H groups in total. The highest BCUT2D eigenvalue weighted by atomic mass is 16.5. The summed E-state index contributed by atoms with van der Waals surface area (Å²) >= 11 is 0. The van der Waals surface area contributed by atoms with Crippen LogP contribution in [0.1, 0.15) is 51.9 Å². The molecule has 2 saturated heterocycles. The third kappa shape index (κ3) is 2.70. The first-order valence-corrected chi connectivity index (χ1v) is 8.29. The van der Waals surface area contributed by atoms with E-state index < -0.39 is 0 Å². The smallest absolute Gasteiger partial charge is 0.0805 e. The van der Waals surface area contributed by atoms with Crippen molar-refractivity contribution in [1.82, 2.24) is 9.80 Å². The van der Waals surface area contributed by atoms with Gasteiger partial charge in [0.05, 0.1) is 5.60 Å². The van der Waals surface area contributed by atoms with E-state index in [1.165, 1.54) is 71.1 Å². The molecule has 0 aromatic carbocycles. The highest BCUT2D eigenvalue weighted by Crippen LogP contribution is 2.37. The largest absolute Gasteiger partial charge is 0.377 e. The lowest BCUT2D eigenvalue weighted by Gasteiger charge is -2.52. The van der Waals surface area contributed by atoms with Crippen molar-refractivity contribution < 1.29 is 4.74 Å². The molecule has 0 bridgehead atoms. The van der Waals surface area contributed by atoms with Gasteiger partial charge in [-0.05, 0) is 45.1 Å². The van der Waals surface area contributed by atoms with Gasteiger partial charge in [0.25, 0.3) is 0 Å². The van der Waals surface area contributed by atoms with Crippen LogP contribution < -0.4 is 0 Å². The molecule has 2 atom stereocenters. The Morgan fingerprint density at radius 3 is 2.63 bits per heavy atom. The molecule has 0 aromatic rings. The Kier molecular flexibility index (Phi) is 4.16. The maximum atomic E-state index is 5.85. The first-order chi connectivity index (χ1) is 9.26. The van der Waals surface area contributed by atoms with Crippen LogP contribution in [0.2, 0.25) is 0 Å². The monoisotopic (exact) mass is 266 g/mol. The molecule has 0 amide bonds. The van der Waals surface area contributed by atoms with Gasteiger partial charge in [0.15, 0.2) is 0 Å². The normalized spacial score (nSPS) is 35.7. The van der Waals surface area contributed by atoms with Crippen molar-refractivity contribution in [3.63, 3.8) is 0 Å². The molecular weight excluding hydrogens is 236 g/mol. The zero-order chi connectivity index (χ0) is 13.3. The van der Waals surface area contributed by atoms with Gasteiger partial charge in [-0.2, -0.15) is 0 Å².